The van der Waals surface area contributed by atoms with Crippen molar-refractivity contribution in [1.29, 1.82) is 0 Å². The largest absolute Gasteiger partial charge is 0.462 e. The average molecular weight is 272 g/mol. The molecule has 3 nitrogen and oxygen atoms in total. The maximum atomic E-state index is 10.9. The Kier molecular flexibility index (Phi) is 4.09. The molecule has 0 bridgehead atoms. The van der Waals surface area contributed by atoms with Crippen LogP contribution in [0.5, 0.6) is 0 Å². The Labute approximate surface area is 119 Å². The smallest absolute Gasteiger partial charge is 0.302 e. The van der Waals surface area contributed by atoms with Gasteiger partial charge in [-0.3, -0.25) is 4.79 Å². The first kappa shape index (κ1) is 14.5. The molecule has 106 valence electrons. The van der Waals surface area contributed by atoms with Crippen molar-refractivity contribution in [3.05, 3.63) is 53.6 Å². The normalized spacial score (nSPS) is 25.7. The van der Waals surface area contributed by atoms with Gasteiger partial charge in [-0.25, -0.2) is 0 Å². The van der Waals surface area contributed by atoms with Gasteiger partial charge < -0.3 is 9.84 Å². The molecule has 0 fully saturated rings. The molecule has 0 saturated carbocycles. The van der Waals surface area contributed by atoms with Crippen molar-refractivity contribution in [2.45, 2.75) is 26.4 Å². The minimum atomic E-state index is -1.13. The number of hydrogen-bond acceptors (Lipinski definition) is 3. The lowest BCUT2D eigenvalue weighted by molar-refractivity contribution is -0.148. The molecule has 1 aliphatic rings. The first-order chi connectivity index (χ1) is 9.44. The maximum Gasteiger partial charge on any atom is 0.302 e. The predicted molar refractivity (Wildman–Crippen MR) is 78.9 cm³/mol. The van der Waals surface area contributed by atoms with Crippen LogP contribution in [-0.4, -0.2) is 23.3 Å². The first-order valence-electron chi connectivity index (χ1n) is 6.75. The van der Waals surface area contributed by atoms with E-state index in [9.17, 15) is 9.90 Å². The topological polar surface area (TPSA) is 46.5 Å². The number of rotatable bonds is 3. The molecule has 0 aromatic heterocycles. The van der Waals surface area contributed by atoms with E-state index in [0.29, 0.717) is 0 Å². The van der Waals surface area contributed by atoms with E-state index in [0.717, 1.165) is 16.7 Å². The summed E-state index contributed by atoms with van der Waals surface area (Å²) in [4.78, 5) is 10.9. The fourth-order valence-electron chi connectivity index (χ4n) is 2.44. The van der Waals surface area contributed by atoms with Crippen molar-refractivity contribution in [2.75, 3.05) is 6.61 Å². The van der Waals surface area contributed by atoms with Crippen LogP contribution in [0.1, 0.15) is 26.3 Å². The highest BCUT2D eigenvalue weighted by molar-refractivity contribution is 5.78. The Balaban J connectivity index is 2.27. The number of benzene rings is 1. The number of ether oxygens (including phenoxy) is 1. The lowest BCUT2D eigenvalue weighted by Crippen LogP contribution is -2.42. The van der Waals surface area contributed by atoms with E-state index >= 15 is 0 Å². The second kappa shape index (κ2) is 5.63. The third-order valence-electron chi connectivity index (χ3n) is 3.95. The van der Waals surface area contributed by atoms with Crippen molar-refractivity contribution in [2.24, 2.45) is 5.92 Å². The van der Waals surface area contributed by atoms with Crippen molar-refractivity contribution in [1.82, 2.24) is 0 Å². The van der Waals surface area contributed by atoms with Gasteiger partial charge in [0.15, 0.2) is 0 Å². The number of allylic oxidation sites excluding steroid dienone is 2. The molecular formula is C17H20O3. The molecule has 0 heterocycles. The Morgan fingerprint density at radius 2 is 2.00 bits per heavy atom. The van der Waals surface area contributed by atoms with E-state index in [1.54, 1.807) is 6.08 Å². The molecule has 20 heavy (non-hydrogen) atoms. The van der Waals surface area contributed by atoms with Crippen LogP contribution in [0.25, 0.3) is 5.57 Å². The SMILES string of the molecule is CC(=O)OCC1(O)C=CC(c2ccccc2)=C(C)C1C. The minimum absolute atomic E-state index is 0.0145. The van der Waals surface area contributed by atoms with Gasteiger partial charge in [-0.1, -0.05) is 48.9 Å². The standard InChI is InChI=1S/C17H20O3/c1-12-13(2)17(19,11-20-14(3)18)10-9-16(12)15-7-5-4-6-8-15/h4-10,13,19H,11H2,1-3H3. The average Bonchev–Trinajstić information content (AvgIpc) is 2.44. The van der Waals surface area contributed by atoms with E-state index in [4.69, 9.17) is 4.74 Å². The summed E-state index contributed by atoms with van der Waals surface area (Å²) < 4.78 is 4.98. The molecule has 2 atom stereocenters. The summed E-state index contributed by atoms with van der Waals surface area (Å²) in [7, 11) is 0. The van der Waals surface area contributed by atoms with E-state index < -0.39 is 5.60 Å². The molecule has 0 aliphatic heterocycles. The van der Waals surface area contributed by atoms with Gasteiger partial charge in [0, 0.05) is 12.8 Å². The zero-order valence-corrected chi connectivity index (χ0v) is 12.1. The molecule has 2 unspecified atom stereocenters. The summed E-state index contributed by atoms with van der Waals surface area (Å²) in [5.41, 5.74) is 2.20. The number of aliphatic hydroxyl groups is 1. The molecule has 2 rings (SSSR count). The van der Waals surface area contributed by atoms with E-state index in [-0.39, 0.29) is 18.5 Å². The van der Waals surface area contributed by atoms with E-state index in [1.807, 2.05) is 50.3 Å². The van der Waals surface area contributed by atoms with Gasteiger partial charge in [0.05, 0.1) is 0 Å². The zero-order chi connectivity index (χ0) is 14.8. The van der Waals surface area contributed by atoms with Gasteiger partial charge in [0.25, 0.3) is 0 Å². The number of esters is 1. The van der Waals surface area contributed by atoms with Crippen molar-refractivity contribution in [3.8, 4) is 0 Å². The summed E-state index contributed by atoms with van der Waals surface area (Å²) in [6, 6.07) is 10.1. The number of carbonyl (C=O) groups is 1. The van der Waals surface area contributed by atoms with Crippen LogP contribution in [0.4, 0.5) is 0 Å². The predicted octanol–water partition coefficient (Wildman–Crippen LogP) is 2.96. The highest BCUT2D eigenvalue weighted by atomic mass is 16.5. The quantitative estimate of drug-likeness (QED) is 0.860. The first-order valence-corrected chi connectivity index (χ1v) is 6.75. The van der Waals surface area contributed by atoms with Crippen LogP contribution in [0.2, 0.25) is 0 Å². The molecule has 0 spiro atoms. The fraction of sp³-hybridized carbons (Fsp3) is 0.353. The lowest BCUT2D eigenvalue weighted by Gasteiger charge is -2.35. The van der Waals surface area contributed by atoms with Gasteiger partial charge in [-0.05, 0) is 24.1 Å². The van der Waals surface area contributed by atoms with Crippen LogP contribution in [-0.2, 0) is 9.53 Å². The van der Waals surface area contributed by atoms with E-state index in [1.165, 1.54) is 6.92 Å². The molecule has 1 N–H and O–H groups in total. The summed E-state index contributed by atoms with van der Waals surface area (Å²) in [6.45, 7) is 5.29. The molecule has 1 aromatic rings. The van der Waals surface area contributed by atoms with Gasteiger partial charge in [0.2, 0.25) is 0 Å². The summed E-state index contributed by atoms with van der Waals surface area (Å²) in [5.74, 6) is -0.489. The summed E-state index contributed by atoms with van der Waals surface area (Å²) in [5, 5.41) is 10.6. The number of carbonyl (C=O) groups excluding carboxylic acids is 1. The second-order valence-corrected chi connectivity index (χ2v) is 5.29. The monoisotopic (exact) mass is 272 g/mol. The third kappa shape index (κ3) is 2.83. The molecule has 0 amide bonds. The summed E-state index contributed by atoms with van der Waals surface area (Å²) in [6.07, 6.45) is 3.64. The Bertz CT molecular complexity index is 557. The van der Waals surface area contributed by atoms with Crippen molar-refractivity contribution < 1.29 is 14.6 Å². The Morgan fingerprint density at radius 1 is 1.35 bits per heavy atom. The van der Waals surface area contributed by atoms with Crippen LogP contribution in [0, 0.1) is 5.92 Å². The van der Waals surface area contributed by atoms with Gasteiger partial charge in [-0.2, -0.15) is 0 Å². The molecule has 1 aromatic carbocycles. The Morgan fingerprint density at radius 3 is 2.60 bits per heavy atom. The summed E-state index contributed by atoms with van der Waals surface area (Å²) >= 11 is 0. The minimum Gasteiger partial charge on any atom is -0.462 e. The van der Waals surface area contributed by atoms with Gasteiger partial charge >= 0.3 is 5.97 Å². The highest BCUT2D eigenvalue weighted by Gasteiger charge is 2.36. The second-order valence-electron chi connectivity index (χ2n) is 5.29. The van der Waals surface area contributed by atoms with E-state index in [2.05, 4.69) is 0 Å². The lowest BCUT2D eigenvalue weighted by atomic mass is 9.76. The number of hydrogen-bond donors (Lipinski definition) is 1. The molecule has 1 aliphatic carbocycles. The van der Waals surface area contributed by atoms with Crippen LogP contribution < -0.4 is 0 Å². The van der Waals surface area contributed by atoms with Crippen molar-refractivity contribution >= 4 is 11.5 Å². The highest BCUT2D eigenvalue weighted by Crippen LogP contribution is 2.37. The maximum absolute atomic E-state index is 10.9. The van der Waals surface area contributed by atoms with Gasteiger partial charge in [-0.15, -0.1) is 0 Å². The zero-order valence-electron chi connectivity index (χ0n) is 12.1. The molecule has 0 radical (unpaired) electrons. The third-order valence-corrected chi connectivity index (χ3v) is 3.95. The molecular weight excluding hydrogens is 252 g/mol. The van der Waals surface area contributed by atoms with Crippen LogP contribution >= 0.6 is 0 Å². The van der Waals surface area contributed by atoms with Crippen LogP contribution in [0.3, 0.4) is 0 Å². The van der Waals surface area contributed by atoms with Crippen LogP contribution in [0.15, 0.2) is 48.1 Å². The molecule has 3 heteroatoms. The molecule has 0 saturated heterocycles. The van der Waals surface area contributed by atoms with Crippen molar-refractivity contribution in [3.63, 3.8) is 0 Å². The fourth-order valence-corrected chi connectivity index (χ4v) is 2.44. The van der Waals surface area contributed by atoms with Gasteiger partial charge in [0.1, 0.15) is 12.2 Å². The Hall–Kier alpha value is -1.87.